The third kappa shape index (κ3) is 5.67. The first-order chi connectivity index (χ1) is 16.0. The summed E-state index contributed by atoms with van der Waals surface area (Å²) in [4.78, 5) is 14.8. The Morgan fingerprint density at radius 3 is 2.70 bits per heavy atom. The van der Waals surface area contributed by atoms with Crippen LogP contribution in [0.5, 0.6) is 0 Å². The van der Waals surface area contributed by atoms with Crippen molar-refractivity contribution in [2.24, 2.45) is 0 Å². The van der Waals surface area contributed by atoms with Gasteiger partial charge < -0.3 is 9.32 Å². The van der Waals surface area contributed by atoms with E-state index in [4.69, 9.17) is 4.42 Å². The molecule has 178 valence electrons. The molecule has 2 aromatic rings. The van der Waals surface area contributed by atoms with E-state index in [-0.39, 0.29) is 27.7 Å². The number of benzene rings is 1. The van der Waals surface area contributed by atoms with Crippen molar-refractivity contribution in [3.05, 3.63) is 36.0 Å². The van der Waals surface area contributed by atoms with Crippen LogP contribution in [-0.4, -0.2) is 59.1 Å². The summed E-state index contributed by atoms with van der Waals surface area (Å²) in [5, 5.41) is 8.41. The minimum Gasteiger partial charge on any atom is -0.411 e. The van der Waals surface area contributed by atoms with Crippen LogP contribution >= 0.6 is 11.8 Å². The number of hydrogen-bond acceptors (Lipinski definition) is 7. The Bertz CT molecular complexity index is 1110. The Balaban J connectivity index is 1.42. The normalized spacial score (nSPS) is 17.5. The Morgan fingerprint density at radius 1 is 1.15 bits per heavy atom. The molecule has 1 aliphatic carbocycles. The molecule has 2 heterocycles. The molecule has 0 saturated carbocycles. The summed E-state index contributed by atoms with van der Waals surface area (Å²) < 4.78 is 33.2. The highest BCUT2D eigenvalue weighted by atomic mass is 32.2. The number of thioether (sulfide) groups is 1. The van der Waals surface area contributed by atoms with E-state index in [1.807, 2.05) is 11.8 Å². The van der Waals surface area contributed by atoms with Gasteiger partial charge in [-0.3, -0.25) is 4.79 Å². The fourth-order valence-electron chi connectivity index (χ4n) is 4.24. The summed E-state index contributed by atoms with van der Waals surface area (Å²) in [6.45, 7) is 3.72. The molecule has 1 aromatic carbocycles. The van der Waals surface area contributed by atoms with Crippen LogP contribution in [-0.2, 0) is 14.8 Å². The minimum atomic E-state index is -3.55. The lowest BCUT2D eigenvalue weighted by Gasteiger charge is -2.26. The zero-order valence-corrected chi connectivity index (χ0v) is 20.5. The van der Waals surface area contributed by atoms with Gasteiger partial charge >= 0.3 is 0 Å². The van der Waals surface area contributed by atoms with Crippen molar-refractivity contribution in [3.8, 4) is 11.5 Å². The number of allylic oxidation sites excluding steroid dienone is 2. The third-order valence-corrected chi connectivity index (χ3v) is 8.69. The van der Waals surface area contributed by atoms with Crippen molar-refractivity contribution >= 4 is 27.7 Å². The maximum absolute atomic E-state index is 13.0. The molecule has 0 bridgehead atoms. The standard InChI is InChI=1S/C23H30N4O4S2/c1-2-27(19-11-5-3-6-12-19)21(28)17-32-23-25-24-22(31-23)18-10-9-13-20(16-18)33(29,30)26-14-7-4-8-15-26/h9-11,13,16H,2-8,12,14-15,17H2,1H3. The molecule has 10 heteroatoms. The number of carbonyl (C=O) groups is 1. The lowest BCUT2D eigenvalue weighted by molar-refractivity contribution is -0.126. The van der Waals surface area contributed by atoms with Gasteiger partial charge in [-0.15, -0.1) is 10.2 Å². The first kappa shape index (κ1) is 24.0. The Labute approximate surface area is 199 Å². The van der Waals surface area contributed by atoms with Crippen LogP contribution in [0.1, 0.15) is 51.9 Å². The van der Waals surface area contributed by atoms with Crippen molar-refractivity contribution in [1.82, 2.24) is 19.4 Å². The van der Waals surface area contributed by atoms with Crippen LogP contribution in [0.25, 0.3) is 11.5 Å². The third-order valence-electron chi connectivity index (χ3n) is 5.99. The molecule has 1 aliphatic heterocycles. The second-order valence-corrected chi connectivity index (χ2v) is 11.1. The van der Waals surface area contributed by atoms with Gasteiger partial charge in [-0.1, -0.05) is 30.3 Å². The van der Waals surface area contributed by atoms with Crippen LogP contribution in [0, 0.1) is 0 Å². The predicted octanol–water partition coefficient (Wildman–Crippen LogP) is 4.31. The fourth-order valence-corrected chi connectivity index (χ4v) is 6.44. The summed E-state index contributed by atoms with van der Waals surface area (Å²) in [5.74, 6) is 0.462. The molecule has 0 spiro atoms. The number of sulfonamides is 1. The van der Waals surface area contributed by atoms with Gasteiger partial charge in [-0.2, -0.15) is 4.31 Å². The van der Waals surface area contributed by atoms with Crippen LogP contribution in [0.15, 0.2) is 50.6 Å². The molecule has 0 unspecified atom stereocenters. The molecule has 0 radical (unpaired) electrons. The second kappa shape index (κ2) is 10.8. The van der Waals surface area contributed by atoms with Crippen molar-refractivity contribution in [2.75, 3.05) is 25.4 Å². The number of rotatable bonds is 8. The van der Waals surface area contributed by atoms with Crippen molar-refractivity contribution < 1.29 is 17.6 Å². The number of amides is 1. The number of carbonyl (C=O) groups excluding carboxylic acids is 1. The van der Waals surface area contributed by atoms with E-state index in [0.717, 1.165) is 44.2 Å². The highest BCUT2D eigenvalue weighted by Crippen LogP contribution is 2.28. The molecule has 0 N–H and O–H groups in total. The van der Waals surface area contributed by atoms with Gasteiger partial charge in [0.1, 0.15) is 0 Å². The second-order valence-electron chi connectivity index (χ2n) is 8.23. The first-order valence-electron chi connectivity index (χ1n) is 11.6. The number of aromatic nitrogens is 2. The van der Waals surface area contributed by atoms with Crippen LogP contribution in [0.3, 0.4) is 0 Å². The SMILES string of the molecule is CCN(C(=O)CSc1nnc(-c2cccc(S(=O)(=O)N3CCCCC3)c2)o1)C1=CCCCC1. The highest BCUT2D eigenvalue weighted by molar-refractivity contribution is 7.99. The zero-order valence-electron chi connectivity index (χ0n) is 18.9. The maximum Gasteiger partial charge on any atom is 0.277 e. The van der Waals surface area contributed by atoms with E-state index in [9.17, 15) is 13.2 Å². The smallest absolute Gasteiger partial charge is 0.277 e. The highest BCUT2D eigenvalue weighted by Gasteiger charge is 2.26. The monoisotopic (exact) mass is 490 g/mol. The van der Waals surface area contributed by atoms with E-state index in [1.165, 1.54) is 22.5 Å². The molecule has 4 rings (SSSR count). The molecular formula is C23H30N4O4S2. The van der Waals surface area contributed by atoms with Gasteiger partial charge in [0.15, 0.2) is 0 Å². The lowest BCUT2D eigenvalue weighted by Crippen LogP contribution is -2.35. The number of piperidine rings is 1. The molecule has 1 fully saturated rings. The summed E-state index contributed by atoms with van der Waals surface area (Å²) in [6, 6.07) is 6.60. The quantitative estimate of drug-likeness (QED) is 0.509. The molecule has 0 atom stereocenters. The van der Waals surface area contributed by atoms with E-state index < -0.39 is 10.0 Å². The Kier molecular flexibility index (Phi) is 7.87. The van der Waals surface area contributed by atoms with Crippen LogP contribution in [0.2, 0.25) is 0 Å². The predicted molar refractivity (Wildman–Crippen MR) is 127 cm³/mol. The molecule has 1 amide bonds. The van der Waals surface area contributed by atoms with E-state index in [1.54, 1.807) is 24.3 Å². The van der Waals surface area contributed by atoms with E-state index >= 15 is 0 Å². The van der Waals surface area contributed by atoms with Gasteiger partial charge in [-0.25, -0.2) is 8.42 Å². The topological polar surface area (TPSA) is 96.6 Å². The van der Waals surface area contributed by atoms with E-state index in [0.29, 0.717) is 25.2 Å². The molecular weight excluding hydrogens is 460 g/mol. The van der Waals surface area contributed by atoms with E-state index in [2.05, 4.69) is 16.3 Å². The number of hydrogen-bond donors (Lipinski definition) is 0. The van der Waals surface area contributed by atoms with Crippen molar-refractivity contribution in [2.45, 2.75) is 62.0 Å². The van der Waals surface area contributed by atoms with Crippen molar-refractivity contribution in [1.29, 1.82) is 0 Å². The zero-order chi connectivity index (χ0) is 23.3. The van der Waals surface area contributed by atoms with Crippen LogP contribution < -0.4 is 0 Å². The van der Waals surface area contributed by atoms with Gasteiger partial charge in [0.25, 0.3) is 5.22 Å². The molecule has 33 heavy (non-hydrogen) atoms. The molecule has 1 aromatic heterocycles. The first-order valence-corrected chi connectivity index (χ1v) is 14.0. The number of nitrogens with zero attached hydrogens (tertiary/aromatic N) is 4. The fraction of sp³-hybridized carbons (Fsp3) is 0.522. The molecule has 2 aliphatic rings. The molecule has 1 saturated heterocycles. The van der Waals surface area contributed by atoms with Crippen LogP contribution in [0.4, 0.5) is 0 Å². The van der Waals surface area contributed by atoms with Gasteiger partial charge in [0, 0.05) is 30.9 Å². The summed E-state index contributed by atoms with van der Waals surface area (Å²) in [5.41, 5.74) is 1.65. The summed E-state index contributed by atoms with van der Waals surface area (Å²) in [7, 11) is -3.55. The average molecular weight is 491 g/mol. The maximum atomic E-state index is 13.0. The lowest BCUT2D eigenvalue weighted by atomic mass is 10.0. The largest absolute Gasteiger partial charge is 0.411 e. The van der Waals surface area contributed by atoms with Gasteiger partial charge in [-0.05, 0) is 63.6 Å². The molecule has 8 nitrogen and oxygen atoms in total. The van der Waals surface area contributed by atoms with Crippen molar-refractivity contribution in [3.63, 3.8) is 0 Å². The minimum absolute atomic E-state index is 0.0185. The van der Waals surface area contributed by atoms with Gasteiger partial charge in [0.2, 0.25) is 21.8 Å². The Hall–Kier alpha value is -2.17. The summed E-state index contributed by atoms with van der Waals surface area (Å²) >= 11 is 1.20. The van der Waals surface area contributed by atoms with Gasteiger partial charge in [0.05, 0.1) is 10.6 Å². The summed E-state index contributed by atoms with van der Waals surface area (Å²) in [6.07, 6.45) is 9.23. The average Bonchev–Trinajstić information content (AvgIpc) is 3.34. The Morgan fingerprint density at radius 2 is 1.97 bits per heavy atom.